The van der Waals surface area contributed by atoms with E-state index in [-0.39, 0.29) is 5.69 Å². The van der Waals surface area contributed by atoms with Gasteiger partial charge < -0.3 is 9.67 Å². The maximum Gasteiger partial charge on any atom is 0.354 e. The second-order valence-electron chi connectivity index (χ2n) is 3.13. The fraction of sp³-hybridized carbons (Fsp3) is 0.100. The molecular weight excluding hydrogens is 194 g/mol. The number of carboxylic acid groups (broad SMARTS) is 1. The molecule has 5 nitrogen and oxygen atoms in total. The zero-order valence-corrected chi connectivity index (χ0v) is 8.08. The van der Waals surface area contributed by atoms with Crippen LogP contribution in [-0.4, -0.2) is 25.6 Å². The number of carbonyl (C=O) groups is 1. The molecule has 2 aromatic rings. The van der Waals surface area contributed by atoms with E-state index in [1.165, 1.54) is 12.3 Å². The molecule has 0 spiro atoms. The van der Waals surface area contributed by atoms with Crippen LogP contribution >= 0.6 is 0 Å². The molecule has 0 radical (unpaired) electrons. The zero-order chi connectivity index (χ0) is 10.8. The number of hydrogen-bond donors (Lipinski definition) is 1. The molecule has 2 aromatic heterocycles. The van der Waals surface area contributed by atoms with Gasteiger partial charge in [0.2, 0.25) is 0 Å². The summed E-state index contributed by atoms with van der Waals surface area (Å²) < 4.78 is 1.79. The van der Waals surface area contributed by atoms with Crippen molar-refractivity contribution in [2.24, 2.45) is 0 Å². The Labute approximate surface area is 86.0 Å². The predicted octanol–water partition coefficient (Wildman–Crippen LogP) is 1.27. The standard InChI is InChI=1S/C10H9N3O2/c1-7-5-13(6-12-7)8-2-3-9(10(14)15)11-4-8/h2-6H,1H3,(H,14,15). The monoisotopic (exact) mass is 203 g/mol. The Morgan fingerprint density at radius 2 is 2.20 bits per heavy atom. The van der Waals surface area contributed by atoms with Gasteiger partial charge in [-0.25, -0.2) is 14.8 Å². The van der Waals surface area contributed by atoms with Gasteiger partial charge in [0.05, 0.1) is 23.9 Å². The second-order valence-corrected chi connectivity index (χ2v) is 3.13. The van der Waals surface area contributed by atoms with E-state index < -0.39 is 5.97 Å². The first-order valence-corrected chi connectivity index (χ1v) is 4.37. The van der Waals surface area contributed by atoms with Gasteiger partial charge in [-0.1, -0.05) is 0 Å². The van der Waals surface area contributed by atoms with Crippen molar-refractivity contribution in [2.75, 3.05) is 0 Å². The third kappa shape index (κ3) is 1.85. The van der Waals surface area contributed by atoms with Crippen LogP contribution in [0.3, 0.4) is 0 Å². The summed E-state index contributed by atoms with van der Waals surface area (Å²) in [5.74, 6) is -1.02. The third-order valence-corrected chi connectivity index (χ3v) is 1.98. The molecule has 0 aromatic carbocycles. The average Bonchev–Trinajstić information content (AvgIpc) is 2.65. The molecule has 5 heteroatoms. The Hall–Kier alpha value is -2.17. The molecule has 0 saturated heterocycles. The highest BCUT2D eigenvalue weighted by atomic mass is 16.4. The van der Waals surface area contributed by atoms with Gasteiger partial charge in [0.1, 0.15) is 5.69 Å². The number of nitrogens with zero attached hydrogens (tertiary/aromatic N) is 3. The first-order chi connectivity index (χ1) is 7.16. The van der Waals surface area contributed by atoms with Gasteiger partial charge in [0.25, 0.3) is 0 Å². The Balaban J connectivity index is 2.35. The van der Waals surface area contributed by atoms with Gasteiger partial charge >= 0.3 is 5.97 Å². The van der Waals surface area contributed by atoms with E-state index in [0.29, 0.717) is 0 Å². The van der Waals surface area contributed by atoms with Crippen LogP contribution in [0.25, 0.3) is 5.69 Å². The molecule has 0 aliphatic rings. The van der Waals surface area contributed by atoms with E-state index in [4.69, 9.17) is 5.11 Å². The predicted molar refractivity (Wildman–Crippen MR) is 53.1 cm³/mol. The van der Waals surface area contributed by atoms with Crippen molar-refractivity contribution in [3.05, 3.63) is 42.2 Å². The summed E-state index contributed by atoms with van der Waals surface area (Å²) in [5, 5.41) is 8.67. The summed E-state index contributed by atoms with van der Waals surface area (Å²) in [5.41, 5.74) is 1.73. The summed E-state index contributed by atoms with van der Waals surface area (Å²) >= 11 is 0. The van der Waals surface area contributed by atoms with Gasteiger partial charge in [-0.2, -0.15) is 0 Å². The average molecular weight is 203 g/mol. The molecule has 1 N–H and O–H groups in total. The summed E-state index contributed by atoms with van der Waals surface area (Å²) in [6, 6.07) is 3.16. The Morgan fingerprint density at radius 3 is 2.67 bits per heavy atom. The highest BCUT2D eigenvalue weighted by molar-refractivity contribution is 5.85. The highest BCUT2D eigenvalue weighted by Crippen LogP contribution is 2.07. The van der Waals surface area contributed by atoms with E-state index in [9.17, 15) is 4.79 Å². The van der Waals surface area contributed by atoms with Crippen LogP contribution in [0.5, 0.6) is 0 Å². The number of hydrogen-bond acceptors (Lipinski definition) is 3. The van der Waals surface area contributed by atoms with E-state index in [2.05, 4.69) is 9.97 Å². The first kappa shape index (κ1) is 9.39. The Morgan fingerprint density at radius 1 is 1.40 bits per heavy atom. The van der Waals surface area contributed by atoms with Crippen molar-refractivity contribution in [3.63, 3.8) is 0 Å². The first-order valence-electron chi connectivity index (χ1n) is 4.37. The highest BCUT2D eigenvalue weighted by Gasteiger charge is 2.04. The van der Waals surface area contributed by atoms with Gasteiger partial charge in [-0.3, -0.25) is 0 Å². The van der Waals surface area contributed by atoms with Crippen LogP contribution < -0.4 is 0 Å². The van der Waals surface area contributed by atoms with Crippen LogP contribution in [-0.2, 0) is 0 Å². The molecule has 0 atom stereocenters. The van der Waals surface area contributed by atoms with Crippen LogP contribution in [0.2, 0.25) is 0 Å². The lowest BCUT2D eigenvalue weighted by Crippen LogP contribution is -2.00. The molecule has 0 aliphatic heterocycles. The minimum atomic E-state index is -1.02. The maximum atomic E-state index is 10.6. The van der Waals surface area contributed by atoms with Crippen molar-refractivity contribution in [1.29, 1.82) is 0 Å². The van der Waals surface area contributed by atoms with Crippen molar-refractivity contribution in [1.82, 2.24) is 14.5 Å². The molecule has 0 aliphatic carbocycles. The van der Waals surface area contributed by atoms with Crippen molar-refractivity contribution < 1.29 is 9.90 Å². The largest absolute Gasteiger partial charge is 0.477 e. The Bertz CT molecular complexity index is 488. The lowest BCUT2D eigenvalue weighted by Gasteiger charge is -2.00. The molecule has 0 saturated carbocycles. The number of imidazole rings is 1. The summed E-state index contributed by atoms with van der Waals surface area (Å²) in [4.78, 5) is 18.5. The molecule has 0 fully saturated rings. The van der Waals surface area contributed by atoms with Crippen molar-refractivity contribution >= 4 is 5.97 Å². The normalized spacial score (nSPS) is 10.2. The zero-order valence-electron chi connectivity index (χ0n) is 8.08. The van der Waals surface area contributed by atoms with Gasteiger partial charge in [-0.05, 0) is 19.1 Å². The van der Waals surface area contributed by atoms with E-state index in [0.717, 1.165) is 11.4 Å². The van der Waals surface area contributed by atoms with Crippen LogP contribution in [0, 0.1) is 6.92 Å². The summed E-state index contributed by atoms with van der Waals surface area (Å²) in [6.45, 7) is 1.88. The van der Waals surface area contributed by atoms with Gasteiger partial charge in [0.15, 0.2) is 0 Å². The fourth-order valence-electron chi connectivity index (χ4n) is 1.23. The SMILES string of the molecule is Cc1cn(-c2ccc(C(=O)O)nc2)cn1. The summed E-state index contributed by atoms with van der Waals surface area (Å²) in [7, 11) is 0. The maximum absolute atomic E-state index is 10.6. The molecular formula is C10H9N3O2. The van der Waals surface area contributed by atoms with Crippen LogP contribution in [0.1, 0.15) is 16.2 Å². The molecule has 2 rings (SSSR count). The quantitative estimate of drug-likeness (QED) is 0.798. The topological polar surface area (TPSA) is 68.0 Å². The molecule has 0 unspecified atom stereocenters. The smallest absolute Gasteiger partial charge is 0.354 e. The molecule has 0 bridgehead atoms. The van der Waals surface area contributed by atoms with Gasteiger partial charge in [-0.15, -0.1) is 0 Å². The molecule has 2 heterocycles. The van der Waals surface area contributed by atoms with Gasteiger partial charge in [0, 0.05) is 6.20 Å². The summed E-state index contributed by atoms with van der Waals surface area (Å²) in [6.07, 6.45) is 5.01. The van der Waals surface area contributed by atoms with Crippen molar-refractivity contribution in [2.45, 2.75) is 6.92 Å². The minimum Gasteiger partial charge on any atom is -0.477 e. The number of carboxylic acids is 1. The fourth-order valence-corrected chi connectivity index (χ4v) is 1.23. The molecule has 15 heavy (non-hydrogen) atoms. The van der Waals surface area contributed by atoms with Crippen LogP contribution in [0.4, 0.5) is 0 Å². The van der Waals surface area contributed by atoms with E-state index >= 15 is 0 Å². The van der Waals surface area contributed by atoms with E-state index in [1.54, 1.807) is 17.0 Å². The number of aromatic nitrogens is 3. The second kappa shape index (κ2) is 3.53. The lowest BCUT2D eigenvalue weighted by molar-refractivity contribution is 0.0690. The number of rotatable bonds is 2. The lowest BCUT2D eigenvalue weighted by atomic mass is 10.3. The molecule has 76 valence electrons. The number of aryl methyl sites for hydroxylation is 1. The minimum absolute atomic E-state index is 0.0376. The third-order valence-electron chi connectivity index (χ3n) is 1.98. The number of aromatic carboxylic acids is 1. The van der Waals surface area contributed by atoms with E-state index in [1.807, 2.05) is 13.1 Å². The van der Waals surface area contributed by atoms with Crippen LogP contribution in [0.15, 0.2) is 30.9 Å². The van der Waals surface area contributed by atoms with Crippen molar-refractivity contribution in [3.8, 4) is 5.69 Å². The molecule has 0 amide bonds. The Kier molecular flexibility index (Phi) is 2.21. The number of pyridine rings is 1.